The van der Waals surface area contributed by atoms with Crippen LogP contribution in [-0.4, -0.2) is 20.9 Å². The Hall–Kier alpha value is 0.660. The molecular weight excluding hydrogens is 416 g/mol. The van der Waals surface area contributed by atoms with Crippen molar-refractivity contribution in [3.63, 3.8) is 0 Å². The Balaban J connectivity index is 2.09. The molecule has 3 aliphatic carbocycles. The summed E-state index contributed by atoms with van der Waals surface area (Å²) in [6.45, 7) is 9.27. The summed E-state index contributed by atoms with van der Waals surface area (Å²) in [5, 5.41) is 12.4. The molecule has 132 valence electrons. The van der Waals surface area contributed by atoms with Gasteiger partial charge in [-0.15, -0.1) is 0 Å². The lowest BCUT2D eigenvalue weighted by atomic mass is 9.42. The topological polar surface area (TPSA) is 20.2 Å². The number of hydrogen-bond donors (Lipinski definition) is 1. The average Bonchev–Trinajstić information content (AvgIpc) is 2.50. The van der Waals surface area contributed by atoms with Crippen LogP contribution >= 0.6 is 31.9 Å². The first-order valence-electron chi connectivity index (χ1n) is 9.28. The van der Waals surface area contributed by atoms with Crippen molar-refractivity contribution in [2.75, 3.05) is 5.33 Å². The van der Waals surface area contributed by atoms with Gasteiger partial charge >= 0.3 is 0 Å². The quantitative estimate of drug-likeness (QED) is 0.410. The highest BCUT2D eigenvalue weighted by molar-refractivity contribution is 9.09. The molecule has 0 aromatic heterocycles. The molecule has 7 atom stereocenters. The van der Waals surface area contributed by atoms with E-state index in [1.807, 2.05) is 0 Å². The Morgan fingerprint density at radius 2 is 1.91 bits per heavy atom. The second-order valence-electron chi connectivity index (χ2n) is 9.25. The molecule has 1 N–H and O–H groups in total. The molecule has 3 rings (SSSR count). The van der Waals surface area contributed by atoms with Gasteiger partial charge in [0.2, 0.25) is 0 Å². The largest absolute Gasteiger partial charge is 0.390 e. The van der Waals surface area contributed by atoms with Crippen molar-refractivity contribution in [2.45, 2.75) is 70.2 Å². The third-order valence-corrected chi connectivity index (χ3v) is 10.2. The molecule has 1 nitrogen and oxygen atoms in total. The molecule has 0 aromatic carbocycles. The molecule has 0 aromatic rings. The zero-order valence-electron chi connectivity index (χ0n) is 15.0. The average molecular weight is 448 g/mol. The normalized spacial score (nSPS) is 53.0. The van der Waals surface area contributed by atoms with E-state index in [0.29, 0.717) is 33.9 Å². The smallest absolute Gasteiger partial charge is 0.0656 e. The summed E-state index contributed by atoms with van der Waals surface area (Å²) < 4.78 is 0. The highest BCUT2D eigenvalue weighted by Crippen LogP contribution is 2.67. The minimum absolute atomic E-state index is 0.213. The maximum absolute atomic E-state index is 11.4. The van der Waals surface area contributed by atoms with Gasteiger partial charge in [0.05, 0.1) is 5.60 Å². The van der Waals surface area contributed by atoms with E-state index in [9.17, 15) is 5.11 Å². The number of alkyl halides is 2. The Morgan fingerprint density at radius 3 is 2.52 bits per heavy atom. The summed E-state index contributed by atoms with van der Waals surface area (Å²) >= 11 is 7.91. The van der Waals surface area contributed by atoms with Crippen LogP contribution < -0.4 is 0 Å². The molecule has 0 saturated heterocycles. The van der Waals surface area contributed by atoms with E-state index in [0.717, 1.165) is 24.6 Å². The first-order valence-corrected chi connectivity index (χ1v) is 11.3. The van der Waals surface area contributed by atoms with Crippen LogP contribution in [0, 0.1) is 34.5 Å². The number of rotatable bonds is 2. The van der Waals surface area contributed by atoms with Gasteiger partial charge in [-0.2, -0.15) is 0 Å². The van der Waals surface area contributed by atoms with Crippen molar-refractivity contribution in [2.24, 2.45) is 34.5 Å². The van der Waals surface area contributed by atoms with E-state index >= 15 is 0 Å². The van der Waals surface area contributed by atoms with E-state index in [1.54, 1.807) is 0 Å². The monoisotopic (exact) mass is 446 g/mol. The molecular formula is C20H32Br2O. The van der Waals surface area contributed by atoms with E-state index in [1.165, 1.54) is 12.8 Å². The molecule has 0 bridgehead atoms. The SMILES string of the molecule is CC(C)[C@@H]1C=CC[C@H]2[C@H]3[C@](C)(CC[C@]12CBr)[C@@H](Br)CC[C@@]3(C)O. The Kier molecular flexibility index (Phi) is 4.91. The molecule has 23 heavy (non-hydrogen) atoms. The summed E-state index contributed by atoms with van der Waals surface area (Å²) in [4.78, 5) is 0.539. The van der Waals surface area contributed by atoms with Crippen LogP contribution in [0.1, 0.15) is 59.8 Å². The molecule has 2 saturated carbocycles. The standard InChI is InChI=1S/C20H32Br2O/c1-13(2)14-6-5-7-15-17-18(3,10-11-20(14,15)12-21)16(22)8-9-19(17,4)23/h5-6,13-17,23H,7-12H2,1-4H3/t14-,15-,16-,17-,18+,19+,20-/m0/s1. The lowest BCUT2D eigenvalue weighted by molar-refractivity contribution is -0.179. The predicted octanol–water partition coefficient (Wildman–Crippen LogP) is 5.94. The van der Waals surface area contributed by atoms with E-state index in [2.05, 4.69) is 71.7 Å². The maximum atomic E-state index is 11.4. The van der Waals surface area contributed by atoms with Gasteiger partial charge in [-0.3, -0.25) is 0 Å². The van der Waals surface area contributed by atoms with Crippen LogP contribution in [-0.2, 0) is 0 Å². The molecule has 3 heteroatoms. The minimum Gasteiger partial charge on any atom is -0.390 e. The van der Waals surface area contributed by atoms with Gasteiger partial charge in [-0.1, -0.05) is 64.8 Å². The van der Waals surface area contributed by atoms with Gasteiger partial charge < -0.3 is 5.11 Å². The highest BCUT2D eigenvalue weighted by atomic mass is 79.9. The fraction of sp³-hybridized carbons (Fsp3) is 0.900. The summed E-state index contributed by atoms with van der Waals surface area (Å²) in [6, 6.07) is 0. The van der Waals surface area contributed by atoms with Crippen molar-refractivity contribution >= 4 is 31.9 Å². The molecule has 2 fully saturated rings. The van der Waals surface area contributed by atoms with Gasteiger partial charge in [-0.05, 0) is 73.5 Å². The second-order valence-corrected chi connectivity index (χ2v) is 10.9. The van der Waals surface area contributed by atoms with Gasteiger partial charge in [0, 0.05) is 10.2 Å². The number of aliphatic hydroxyl groups is 1. The van der Waals surface area contributed by atoms with Crippen molar-refractivity contribution in [1.82, 2.24) is 0 Å². The van der Waals surface area contributed by atoms with E-state index in [4.69, 9.17) is 0 Å². The first-order chi connectivity index (χ1) is 10.7. The summed E-state index contributed by atoms with van der Waals surface area (Å²) in [5.41, 5.74) is -0.0177. The molecule has 0 spiro atoms. The first kappa shape index (κ1) is 18.5. The van der Waals surface area contributed by atoms with E-state index < -0.39 is 5.60 Å². The summed E-state index contributed by atoms with van der Waals surface area (Å²) in [7, 11) is 0. The molecule has 0 radical (unpaired) electrons. The number of halogens is 2. The van der Waals surface area contributed by atoms with Crippen molar-refractivity contribution in [1.29, 1.82) is 0 Å². The highest BCUT2D eigenvalue weighted by Gasteiger charge is 2.63. The lowest BCUT2D eigenvalue weighted by Crippen LogP contribution is -2.64. The second kappa shape index (κ2) is 6.13. The minimum atomic E-state index is -0.537. The van der Waals surface area contributed by atoms with Crippen molar-refractivity contribution in [3.8, 4) is 0 Å². The predicted molar refractivity (Wildman–Crippen MR) is 105 cm³/mol. The molecule has 0 unspecified atom stereocenters. The van der Waals surface area contributed by atoms with Crippen LogP contribution in [0.3, 0.4) is 0 Å². The van der Waals surface area contributed by atoms with E-state index in [-0.39, 0.29) is 5.41 Å². The molecule has 0 heterocycles. The van der Waals surface area contributed by atoms with Crippen LogP contribution in [0.2, 0.25) is 0 Å². The van der Waals surface area contributed by atoms with Crippen LogP contribution in [0.15, 0.2) is 12.2 Å². The summed E-state index contributed by atoms with van der Waals surface area (Å²) in [5.74, 6) is 2.24. The third kappa shape index (κ3) is 2.63. The van der Waals surface area contributed by atoms with Crippen LogP contribution in [0.25, 0.3) is 0 Å². The molecule has 0 aliphatic heterocycles. The van der Waals surface area contributed by atoms with Gasteiger partial charge in [0.1, 0.15) is 0 Å². The molecule has 0 amide bonds. The number of fused-ring (bicyclic) bond motifs is 3. The van der Waals surface area contributed by atoms with Gasteiger partial charge in [0.25, 0.3) is 0 Å². The van der Waals surface area contributed by atoms with Gasteiger partial charge in [0.15, 0.2) is 0 Å². The number of allylic oxidation sites excluding steroid dienone is 2. The Morgan fingerprint density at radius 1 is 1.22 bits per heavy atom. The fourth-order valence-electron chi connectivity index (χ4n) is 6.52. The van der Waals surface area contributed by atoms with Crippen LogP contribution in [0.5, 0.6) is 0 Å². The Bertz CT molecular complexity index is 486. The third-order valence-electron chi connectivity index (χ3n) is 7.63. The van der Waals surface area contributed by atoms with Crippen molar-refractivity contribution in [3.05, 3.63) is 12.2 Å². The zero-order valence-corrected chi connectivity index (χ0v) is 18.2. The zero-order chi connectivity index (χ0) is 17.0. The molecule has 3 aliphatic rings. The maximum Gasteiger partial charge on any atom is 0.0656 e. The van der Waals surface area contributed by atoms with Crippen LogP contribution in [0.4, 0.5) is 0 Å². The van der Waals surface area contributed by atoms with Gasteiger partial charge in [-0.25, -0.2) is 0 Å². The lowest BCUT2D eigenvalue weighted by Gasteiger charge is -2.65. The number of hydrogen-bond acceptors (Lipinski definition) is 1. The Labute approximate surface area is 158 Å². The fourth-order valence-corrected chi connectivity index (χ4v) is 8.34. The summed E-state index contributed by atoms with van der Waals surface area (Å²) in [6.07, 6.45) is 10.5. The van der Waals surface area contributed by atoms with Crippen molar-refractivity contribution < 1.29 is 5.11 Å².